The van der Waals surface area contributed by atoms with Crippen molar-refractivity contribution in [3.05, 3.63) is 107 Å². The molecule has 0 amide bonds. The molecule has 0 bridgehead atoms. The monoisotopic (exact) mass is 435 g/mol. The molecule has 4 heteroatoms. The van der Waals surface area contributed by atoms with Crippen molar-refractivity contribution in [2.24, 2.45) is 7.05 Å². The highest BCUT2D eigenvalue weighted by Gasteiger charge is 2.12. The third kappa shape index (κ3) is 5.74. The Kier molecular flexibility index (Phi) is 6.96. The number of nitrogens with zero attached hydrogens (tertiary/aromatic N) is 2. The second-order valence-electron chi connectivity index (χ2n) is 7.64. The first kappa shape index (κ1) is 22.0. The Bertz CT molecular complexity index is 1270. The van der Waals surface area contributed by atoms with Crippen LogP contribution in [0.5, 0.6) is 11.5 Å². The molecular weight excluding hydrogens is 408 g/mol. The molecular formula is C29H27N2O2+. The number of rotatable bonds is 7. The third-order valence-electron chi connectivity index (χ3n) is 5.39. The molecule has 0 aliphatic heterocycles. The van der Waals surface area contributed by atoms with Crippen molar-refractivity contribution in [2.45, 2.75) is 0 Å². The molecule has 0 atom stereocenters. The van der Waals surface area contributed by atoms with E-state index in [2.05, 4.69) is 58.3 Å². The quantitative estimate of drug-likeness (QED) is 0.338. The molecule has 0 saturated carbocycles. The fourth-order valence-corrected chi connectivity index (χ4v) is 3.45. The van der Waals surface area contributed by atoms with E-state index in [1.54, 1.807) is 14.2 Å². The van der Waals surface area contributed by atoms with Crippen LogP contribution in [0.3, 0.4) is 0 Å². The van der Waals surface area contributed by atoms with Crippen molar-refractivity contribution >= 4 is 24.3 Å². The van der Waals surface area contributed by atoms with Crippen LogP contribution in [-0.2, 0) is 7.05 Å². The van der Waals surface area contributed by atoms with E-state index in [9.17, 15) is 0 Å². The fraction of sp³-hybridized carbons (Fsp3) is 0.103. The Hall–Kier alpha value is -4.18. The van der Waals surface area contributed by atoms with Gasteiger partial charge in [0.2, 0.25) is 5.69 Å². The van der Waals surface area contributed by atoms with Crippen LogP contribution in [-0.4, -0.2) is 19.2 Å². The van der Waals surface area contributed by atoms with Crippen LogP contribution in [0.25, 0.3) is 35.7 Å². The number of pyridine rings is 2. The second kappa shape index (κ2) is 10.4. The standard InChI is InChI=1S/C29H27N2O2/c1-31-19-17-25(7-5-23-10-14-27(33-3)15-11-23)21-29(31)28-20-24(16-18-30-28)6-4-22-8-12-26(32-2)13-9-22/h4-21H,1-3H3/q+1/b6-4+,7-5+. The van der Waals surface area contributed by atoms with E-state index in [1.165, 1.54) is 0 Å². The van der Waals surface area contributed by atoms with Crippen molar-refractivity contribution in [2.75, 3.05) is 14.2 Å². The molecule has 0 aliphatic rings. The molecule has 2 aromatic heterocycles. The summed E-state index contributed by atoms with van der Waals surface area (Å²) in [6.07, 6.45) is 12.3. The second-order valence-corrected chi connectivity index (χ2v) is 7.64. The molecule has 0 saturated heterocycles. The van der Waals surface area contributed by atoms with Gasteiger partial charge in [-0.3, -0.25) is 0 Å². The van der Waals surface area contributed by atoms with E-state index in [0.29, 0.717) is 0 Å². The van der Waals surface area contributed by atoms with Gasteiger partial charge in [0.1, 0.15) is 24.2 Å². The lowest BCUT2D eigenvalue weighted by Gasteiger charge is -2.03. The average Bonchev–Trinajstić information content (AvgIpc) is 2.87. The molecule has 0 unspecified atom stereocenters. The topological polar surface area (TPSA) is 35.2 Å². The van der Waals surface area contributed by atoms with Gasteiger partial charge in [-0.2, -0.15) is 4.57 Å². The first-order valence-corrected chi connectivity index (χ1v) is 10.7. The molecule has 164 valence electrons. The highest BCUT2D eigenvalue weighted by molar-refractivity contribution is 5.73. The predicted molar refractivity (Wildman–Crippen MR) is 135 cm³/mol. The van der Waals surface area contributed by atoms with Crippen molar-refractivity contribution in [3.8, 4) is 22.9 Å². The van der Waals surface area contributed by atoms with Crippen LogP contribution in [0.4, 0.5) is 0 Å². The Morgan fingerprint density at radius 3 is 1.70 bits per heavy atom. The van der Waals surface area contributed by atoms with Gasteiger partial charge in [0, 0.05) is 18.3 Å². The van der Waals surface area contributed by atoms with Gasteiger partial charge in [0.25, 0.3) is 0 Å². The zero-order valence-corrected chi connectivity index (χ0v) is 19.1. The lowest BCUT2D eigenvalue weighted by Crippen LogP contribution is -2.30. The van der Waals surface area contributed by atoms with Gasteiger partial charge >= 0.3 is 0 Å². The number of aryl methyl sites for hydroxylation is 1. The summed E-state index contributed by atoms with van der Waals surface area (Å²) >= 11 is 0. The predicted octanol–water partition coefficient (Wildman–Crippen LogP) is 5.93. The van der Waals surface area contributed by atoms with Gasteiger partial charge in [-0.15, -0.1) is 0 Å². The van der Waals surface area contributed by atoms with Gasteiger partial charge in [0.05, 0.1) is 14.2 Å². The number of hydrogen-bond donors (Lipinski definition) is 0. The molecule has 0 N–H and O–H groups in total. The maximum atomic E-state index is 5.23. The van der Waals surface area contributed by atoms with Gasteiger partial charge in [-0.25, -0.2) is 4.98 Å². The molecule has 2 heterocycles. The summed E-state index contributed by atoms with van der Waals surface area (Å²) in [6.45, 7) is 0. The van der Waals surface area contributed by atoms with E-state index in [-0.39, 0.29) is 0 Å². The molecule has 33 heavy (non-hydrogen) atoms. The van der Waals surface area contributed by atoms with E-state index in [4.69, 9.17) is 9.47 Å². The lowest BCUT2D eigenvalue weighted by atomic mass is 10.1. The summed E-state index contributed by atoms with van der Waals surface area (Å²) in [5.74, 6) is 1.71. The maximum absolute atomic E-state index is 5.23. The summed E-state index contributed by atoms with van der Waals surface area (Å²) in [4.78, 5) is 4.62. The Labute approximate surface area is 195 Å². The van der Waals surface area contributed by atoms with Gasteiger partial charge in [-0.1, -0.05) is 48.6 Å². The summed E-state index contributed by atoms with van der Waals surface area (Å²) in [6, 6.07) is 24.4. The largest absolute Gasteiger partial charge is 0.497 e. The van der Waals surface area contributed by atoms with E-state index in [0.717, 1.165) is 45.1 Å². The van der Waals surface area contributed by atoms with Crippen molar-refractivity contribution in [3.63, 3.8) is 0 Å². The minimum Gasteiger partial charge on any atom is -0.497 e. The minimum atomic E-state index is 0.853. The number of aromatic nitrogens is 2. The lowest BCUT2D eigenvalue weighted by molar-refractivity contribution is -0.660. The zero-order chi connectivity index (χ0) is 23.0. The van der Waals surface area contributed by atoms with Crippen LogP contribution >= 0.6 is 0 Å². The van der Waals surface area contributed by atoms with Crippen LogP contribution in [0.1, 0.15) is 22.3 Å². The highest BCUT2D eigenvalue weighted by atomic mass is 16.5. The normalized spacial score (nSPS) is 11.2. The molecule has 0 aliphatic carbocycles. The van der Waals surface area contributed by atoms with Gasteiger partial charge < -0.3 is 9.47 Å². The minimum absolute atomic E-state index is 0.853. The number of methoxy groups -OCH3 is 2. The number of benzene rings is 2. The van der Waals surface area contributed by atoms with E-state index < -0.39 is 0 Å². The molecule has 4 aromatic rings. The first-order valence-electron chi connectivity index (χ1n) is 10.7. The smallest absolute Gasteiger partial charge is 0.231 e. The van der Waals surface area contributed by atoms with E-state index in [1.807, 2.05) is 67.8 Å². The number of hydrogen-bond acceptors (Lipinski definition) is 3. The Balaban J connectivity index is 1.55. The van der Waals surface area contributed by atoms with Crippen LogP contribution in [0.2, 0.25) is 0 Å². The van der Waals surface area contributed by atoms with Crippen LogP contribution in [0, 0.1) is 0 Å². The molecule has 2 aromatic carbocycles. The molecule has 4 nitrogen and oxygen atoms in total. The Morgan fingerprint density at radius 2 is 1.15 bits per heavy atom. The van der Waals surface area contributed by atoms with Crippen LogP contribution in [0.15, 0.2) is 85.2 Å². The zero-order valence-electron chi connectivity index (χ0n) is 19.1. The summed E-state index contributed by atoms with van der Waals surface area (Å²) < 4.78 is 12.5. The molecule has 0 spiro atoms. The SMILES string of the molecule is COc1ccc(/C=C/c2ccnc(-c3cc(/C=C/c4ccc(OC)cc4)cc[n+]3C)c2)cc1. The first-order chi connectivity index (χ1) is 16.1. The molecule has 0 radical (unpaired) electrons. The van der Waals surface area contributed by atoms with Crippen LogP contribution < -0.4 is 14.0 Å². The fourth-order valence-electron chi connectivity index (χ4n) is 3.45. The van der Waals surface area contributed by atoms with Crippen molar-refractivity contribution < 1.29 is 14.0 Å². The third-order valence-corrected chi connectivity index (χ3v) is 5.39. The maximum Gasteiger partial charge on any atom is 0.231 e. The number of ether oxygens (including phenoxy) is 2. The van der Waals surface area contributed by atoms with Gasteiger partial charge in [-0.05, 0) is 58.7 Å². The highest BCUT2D eigenvalue weighted by Crippen LogP contribution is 2.20. The van der Waals surface area contributed by atoms with Gasteiger partial charge in [0.15, 0.2) is 6.20 Å². The summed E-state index contributed by atoms with van der Waals surface area (Å²) in [7, 11) is 5.38. The summed E-state index contributed by atoms with van der Waals surface area (Å²) in [5.41, 5.74) is 6.41. The average molecular weight is 436 g/mol. The van der Waals surface area contributed by atoms with Crippen molar-refractivity contribution in [1.82, 2.24) is 4.98 Å². The van der Waals surface area contributed by atoms with Crippen molar-refractivity contribution in [1.29, 1.82) is 0 Å². The molecule has 0 fully saturated rings. The Morgan fingerprint density at radius 1 is 0.636 bits per heavy atom. The molecule has 4 rings (SSSR count). The van der Waals surface area contributed by atoms with E-state index >= 15 is 0 Å². The summed E-state index contributed by atoms with van der Waals surface area (Å²) in [5, 5.41) is 0.